The average Bonchev–Trinajstić information content (AvgIpc) is 2.98. The Labute approximate surface area is 123 Å². The van der Waals surface area contributed by atoms with Crippen molar-refractivity contribution >= 4 is 28.0 Å². The van der Waals surface area contributed by atoms with Crippen molar-refractivity contribution in [2.45, 2.75) is 6.54 Å². The molecule has 1 aromatic carbocycles. The summed E-state index contributed by atoms with van der Waals surface area (Å²) in [6, 6.07) is 10.8. The maximum atomic E-state index is 12.3. The van der Waals surface area contributed by atoms with Gasteiger partial charge >= 0.3 is 0 Å². The third-order valence-corrected chi connectivity index (χ3v) is 4.15. The maximum absolute atomic E-state index is 12.3. The molecule has 3 N–H and O–H groups in total. The second-order valence-corrected chi connectivity index (χ2v) is 5.60. The smallest absolute Gasteiger partial charge is 0.275 e. The van der Waals surface area contributed by atoms with Gasteiger partial charge in [0.1, 0.15) is 0 Å². The van der Waals surface area contributed by atoms with Crippen molar-refractivity contribution in [1.82, 2.24) is 15.2 Å². The second kappa shape index (κ2) is 5.47. The maximum Gasteiger partial charge on any atom is 0.275 e. The Kier molecular flexibility index (Phi) is 3.51. The van der Waals surface area contributed by atoms with Crippen molar-refractivity contribution < 1.29 is 4.79 Å². The number of benzene rings is 1. The molecule has 0 aliphatic rings. The number of hydrazine groups is 1. The van der Waals surface area contributed by atoms with Crippen molar-refractivity contribution in [3.05, 3.63) is 62.7 Å². The summed E-state index contributed by atoms with van der Waals surface area (Å²) in [4.78, 5) is 25.1. The Hall–Kier alpha value is -2.51. The monoisotopic (exact) mass is 300 g/mol. The van der Waals surface area contributed by atoms with Crippen LogP contribution in [-0.2, 0) is 6.54 Å². The van der Waals surface area contributed by atoms with Crippen LogP contribution >= 0.6 is 11.3 Å². The number of rotatable bonds is 3. The zero-order valence-electron chi connectivity index (χ0n) is 10.9. The highest BCUT2D eigenvalue weighted by Crippen LogP contribution is 2.17. The minimum absolute atomic E-state index is 0.147. The van der Waals surface area contributed by atoms with Crippen LogP contribution in [0.2, 0.25) is 0 Å². The fraction of sp³-hybridized carbons (Fsp3) is 0.0714. The number of carbonyl (C=O) groups is 1. The summed E-state index contributed by atoms with van der Waals surface area (Å²) in [6.45, 7) is 0.326. The number of hydrogen-bond acceptors (Lipinski definition) is 5. The Balaban J connectivity index is 1.95. The first kappa shape index (κ1) is 13.5. The van der Waals surface area contributed by atoms with Crippen molar-refractivity contribution in [2.24, 2.45) is 5.84 Å². The van der Waals surface area contributed by atoms with Gasteiger partial charge in [-0.05, 0) is 18.2 Å². The first-order valence-corrected chi connectivity index (χ1v) is 7.05. The van der Waals surface area contributed by atoms with E-state index >= 15 is 0 Å². The third-order valence-electron chi connectivity index (χ3n) is 3.08. The van der Waals surface area contributed by atoms with Crippen LogP contribution < -0.4 is 16.8 Å². The van der Waals surface area contributed by atoms with Crippen molar-refractivity contribution in [3.8, 4) is 0 Å². The number of hydrogen-bond donors (Lipinski definition) is 2. The standard InChI is InChI=1S/C14H12N4O2S/c15-17-13(19)12-6-5-10(21-12)8-18-14(20)11-4-2-1-3-9(11)7-16-18/h1-7H,8,15H2,(H,17,19). The molecule has 0 spiro atoms. The Morgan fingerprint density at radius 3 is 2.90 bits per heavy atom. The predicted molar refractivity (Wildman–Crippen MR) is 81.1 cm³/mol. The highest BCUT2D eigenvalue weighted by atomic mass is 32.1. The average molecular weight is 300 g/mol. The van der Waals surface area contributed by atoms with Gasteiger partial charge in [-0.3, -0.25) is 15.0 Å². The molecule has 2 heterocycles. The minimum Gasteiger partial charge on any atom is -0.289 e. The largest absolute Gasteiger partial charge is 0.289 e. The lowest BCUT2D eigenvalue weighted by atomic mass is 10.2. The zero-order chi connectivity index (χ0) is 14.8. The van der Waals surface area contributed by atoms with Crippen LogP contribution in [-0.4, -0.2) is 15.7 Å². The number of nitrogens with zero attached hydrogens (tertiary/aromatic N) is 2. The van der Waals surface area contributed by atoms with E-state index in [9.17, 15) is 9.59 Å². The SMILES string of the molecule is NNC(=O)c1ccc(Cn2ncc3ccccc3c2=O)s1. The molecule has 7 heteroatoms. The van der Waals surface area contributed by atoms with Gasteiger partial charge in [-0.25, -0.2) is 10.5 Å². The van der Waals surface area contributed by atoms with Crippen molar-refractivity contribution in [3.63, 3.8) is 0 Å². The van der Waals surface area contributed by atoms with Gasteiger partial charge in [-0.1, -0.05) is 18.2 Å². The number of fused-ring (bicyclic) bond motifs is 1. The van der Waals surface area contributed by atoms with E-state index in [-0.39, 0.29) is 11.5 Å². The summed E-state index contributed by atoms with van der Waals surface area (Å²) >= 11 is 1.28. The molecule has 3 aromatic rings. The van der Waals surface area contributed by atoms with Gasteiger partial charge in [0.2, 0.25) is 0 Å². The van der Waals surface area contributed by atoms with Crippen LogP contribution in [0.5, 0.6) is 0 Å². The molecule has 21 heavy (non-hydrogen) atoms. The van der Waals surface area contributed by atoms with Gasteiger partial charge in [0, 0.05) is 10.3 Å². The second-order valence-electron chi connectivity index (χ2n) is 4.43. The fourth-order valence-electron chi connectivity index (χ4n) is 2.04. The van der Waals surface area contributed by atoms with E-state index in [1.807, 2.05) is 18.2 Å². The Morgan fingerprint density at radius 2 is 2.10 bits per heavy atom. The normalized spacial score (nSPS) is 10.7. The highest BCUT2D eigenvalue weighted by molar-refractivity contribution is 7.14. The zero-order valence-corrected chi connectivity index (χ0v) is 11.8. The van der Waals surface area contributed by atoms with Crippen LogP contribution in [0.3, 0.4) is 0 Å². The molecule has 0 aliphatic carbocycles. The quantitative estimate of drug-likeness (QED) is 0.431. The predicted octanol–water partition coefficient (Wildman–Crippen LogP) is 1.11. The number of nitrogens with two attached hydrogens (primary N) is 1. The summed E-state index contributed by atoms with van der Waals surface area (Å²) < 4.78 is 1.39. The van der Waals surface area contributed by atoms with Gasteiger partial charge < -0.3 is 0 Å². The molecule has 0 saturated carbocycles. The summed E-state index contributed by atoms with van der Waals surface area (Å²) in [7, 11) is 0. The van der Waals surface area contributed by atoms with Crippen molar-refractivity contribution in [2.75, 3.05) is 0 Å². The Bertz CT molecular complexity index is 869. The van der Waals surface area contributed by atoms with Crippen LogP contribution in [0.1, 0.15) is 14.5 Å². The summed E-state index contributed by atoms with van der Waals surface area (Å²) in [5, 5.41) is 5.60. The molecule has 0 radical (unpaired) electrons. The number of carbonyl (C=O) groups excluding carboxylic acids is 1. The molecule has 2 aromatic heterocycles. The third kappa shape index (κ3) is 2.56. The molecule has 0 bridgehead atoms. The summed E-state index contributed by atoms with van der Waals surface area (Å²) in [5.74, 6) is 4.75. The van der Waals surface area contributed by atoms with E-state index in [1.54, 1.807) is 24.4 Å². The lowest BCUT2D eigenvalue weighted by molar-refractivity contribution is 0.0957. The van der Waals surface area contributed by atoms with Crippen LogP contribution in [0, 0.1) is 0 Å². The molecular formula is C14H12N4O2S. The number of thiophene rings is 1. The molecule has 0 fully saturated rings. The van der Waals surface area contributed by atoms with Gasteiger partial charge in [-0.2, -0.15) is 5.10 Å². The first-order valence-electron chi connectivity index (χ1n) is 6.23. The summed E-state index contributed by atoms with van der Waals surface area (Å²) in [6.07, 6.45) is 1.66. The molecule has 1 amide bonds. The molecular weight excluding hydrogens is 288 g/mol. The molecule has 6 nitrogen and oxygen atoms in total. The van der Waals surface area contributed by atoms with Gasteiger partial charge in [0.25, 0.3) is 11.5 Å². The van der Waals surface area contributed by atoms with Crippen LogP contribution in [0.25, 0.3) is 10.8 Å². The van der Waals surface area contributed by atoms with E-state index in [0.29, 0.717) is 16.8 Å². The lowest BCUT2D eigenvalue weighted by Crippen LogP contribution is -2.29. The first-order chi connectivity index (χ1) is 10.2. The van der Waals surface area contributed by atoms with Crippen LogP contribution in [0.15, 0.2) is 47.4 Å². The Morgan fingerprint density at radius 1 is 1.29 bits per heavy atom. The van der Waals surface area contributed by atoms with E-state index < -0.39 is 0 Å². The number of nitrogen functional groups attached to an aromatic ring is 1. The van der Waals surface area contributed by atoms with Crippen molar-refractivity contribution in [1.29, 1.82) is 0 Å². The molecule has 0 aliphatic heterocycles. The molecule has 106 valence electrons. The number of aromatic nitrogens is 2. The van der Waals surface area contributed by atoms with Gasteiger partial charge in [-0.15, -0.1) is 11.3 Å². The summed E-state index contributed by atoms with van der Waals surface area (Å²) in [5.41, 5.74) is 1.93. The topological polar surface area (TPSA) is 90.0 Å². The lowest BCUT2D eigenvalue weighted by Gasteiger charge is -2.04. The van der Waals surface area contributed by atoms with E-state index in [4.69, 9.17) is 5.84 Å². The van der Waals surface area contributed by atoms with E-state index in [2.05, 4.69) is 10.5 Å². The molecule has 3 rings (SSSR count). The highest BCUT2D eigenvalue weighted by Gasteiger charge is 2.09. The fourth-order valence-corrected chi connectivity index (χ4v) is 2.94. The van der Waals surface area contributed by atoms with E-state index in [0.717, 1.165) is 10.3 Å². The number of nitrogens with one attached hydrogen (secondary N) is 1. The van der Waals surface area contributed by atoms with Gasteiger partial charge in [0.15, 0.2) is 0 Å². The number of amides is 1. The molecule has 0 atom stereocenters. The van der Waals surface area contributed by atoms with E-state index in [1.165, 1.54) is 16.0 Å². The molecule has 0 unspecified atom stereocenters. The molecule has 0 saturated heterocycles. The minimum atomic E-state index is -0.343. The van der Waals surface area contributed by atoms with Crippen LogP contribution in [0.4, 0.5) is 0 Å². The van der Waals surface area contributed by atoms with Gasteiger partial charge in [0.05, 0.1) is 23.0 Å².